The predicted octanol–water partition coefficient (Wildman–Crippen LogP) is -1.81. The van der Waals surface area contributed by atoms with Gasteiger partial charge in [0, 0.05) is 0 Å². The highest BCUT2D eigenvalue weighted by atomic mass is 31.1. The first-order chi connectivity index (χ1) is 1.73. The molecule has 0 radical (unpaired) electrons. The molecule has 0 amide bonds. The Morgan fingerprint density at radius 1 is 1.40 bits per heavy atom. The second-order valence-corrected chi connectivity index (χ2v) is 0.671. The van der Waals surface area contributed by atoms with Gasteiger partial charge in [-0.3, -0.25) is 0 Å². The van der Waals surface area contributed by atoms with Crippen LogP contribution in [0.5, 0.6) is 0 Å². The standard InChI is InChI=1S/HO3P.H2O/c1-4(2)3;/h(H,1,2,3);1H2/p-2. The van der Waals surface area contributed by atoms with Crippen LogP contribution in [0.2, 0.25) is 0 Å². The zero-order valence-electron chi connectivity index (χ0n) is 2.12. The lowest BCUT2D eigenvalue weighted by molar-refractivity contribution is -0.297. The van der Waals surface area contributed by atoms with Crippen LogP contribution in [-0.2, 0) is 4.57 Å². The van der Waals surface area contributed by atoms with Crippen molar-refractivity contribution < 1.29 is 19.8 Å². The molecule has 0 aliphatic carbocycles. The monoisotopic (exact) mass is 96.0 g/mol. The van der Waals surface area contributed by atoms with Gasteiger partial charge < -0.3 is 15.3 Å². The van der Waals surface area contributed by atoms with E-state index in [1.54, 1.807) is 0 Å². The van der Waals surface area contributed by atoms with Gasteiger partial charge in [0.2, 0.25) is 0 Å². The second kappa shape index (κ2) is 3.98. The zero-order valence-corrected chi connectivity index (χ0v) is 3.01. The molecular weight excluding hydrogens is 95.0 g/mol. The average molecular weight is 96.0 g/mol. The molecule has 0 aromatic heterocycles. The third kappa shape index (κ3) is 39000. The van der Waals surface area contributed by atoms with Crippen molar-refractivity contribution in [3.63, 3.8) is 0 Å². The van der Waals surface area contributed by atoms with Crippen LogP contribution < -0.4 is 9.79 Å². The van der Waals surface area contributed by atoms with Crippen molar-refractivity contribution in [3.05, 3.63) is 0 Å². The van der Waals surface area contributed by atoms with Gasteiger partial charge in [-0.2, -0.15) is 0 Å². The molecule has 0 aliphatic heterocycles. The van der Waals surface area contributed by atoms with E-state index in [9.17, 15) is 0 Å². The maximum Gasteiger partial charge on any atom is 0.276 e. The summed E-state index contributed by atoms with van der Waals surface area (Å²) in [6.45, 7) is 0. The van der Waals surface area contributed by atoms with Crippen LogP contribution in [0.4, 0.5) is 0 Å². The summed E-state index contributed by atoms with van der Waals surface area (Å²) in [6.07, 6.45) is 0. The van der Waals surface area contributed by atoms with Crippen molar-refractivity contribution in [2.75, 3.05) is 0 Å². The fraction of sp³-hybridized carbons (Fsp3) is 0. The van der Waals surface area contributed by atoms with E-state index in [-0.39, 0.29) is 5.48 Å². The molecule has 0 saturated carbocycles. The summed E-state index contributed by atoms with van der Waals surface area (Å²) < 4.78 is 8.48. The second-order valence-electron chi connectivity index (χ2n) is 0.224. The first-order valence-corrected chi connectivity index (χ1v) is 1.64. The number of hydrogen-bond acceptors (Lipinski definition) is 4. The van der Waals surface area contributed by atoms with Crippen LogP contribution >= 0.6 is 8.25 Å². The SMILES string of the molecule is O=[P+]([O-])[O-].[OH-]. The summed E-state index contributed by atoms with van der Waals surface area (Å²) in [5, 5.41) is 0. The molecule has 0 atom stereocenters. The minimum Gasteiger partial charge on any atom is -0.870 e. The van der Waals surface area contributed by atoms with Crippen LogP contribution in [0.15, 0.2) is 0 Å². The fourth-order valence-electron chi connectivity index (χ4n) is 0. The van der Waals surface area contributed by atoms with Gasteiger partial charge in [0.15, 0.2) is 0 Å². The van der Waals surface area contributed by atoms with E-state index in [2.05, 4.69) is 0 Å². The smallest absolute Gasteiger partial charge is 0.276 e. The molecule has 5 heteroatoms. The van der Waals surface area contributed by atoms with E-state index in [0.717, 1.165) is 0 Å². The van der Waals surface area contributed by atoms with Crippen LogP contribution in [-0.4, -0.2) is 5.48 Å². The van der Waals surface area contributed by atoms with Gasteiger partial charge in [-0.15, -0.1) is 0 Å². The Morgan fingerprint density at radius 3 is 1.40 bits per heavy atom. The lowest BCUT2D eigenvalue weighted by atomic mass is 15.8. The third-order valence-electron chi connectivity index (χ3n) is 0. The molecule has 32 valence electrons. The Hall–Kier alpha value is -0.0200. The summed E-state index contributed by atoms with van der Waals surface area (Å²) in [4.78, 5) is 17.0. The molecule has 0 rings (SSSR count). The summed E-state index contributed by atoms with van der Waals surface area (Å²) in [5.41, 5.74) is 0. The van der Waals surface area contributed by atoms with Crippen molar-refractivity contribution in [2.24, 2.45) is 0 Å². The summed E-state index contributed by atoms with van der Waals surface area (Å²) in [6, 6.07) is 0. The van der Waals surface area contributed by atoms with E-state index >= 15 is 0 Å². The van der Waals surface area contributed by atoms with Crippen molar-refractivity contribution in [3.8, 4) is 0 Å². The van der Waals surface area contributed by atoms with E-state index in [4.69, 9.17) is 14.4 Å². The van der Waals surface area contributed by atoms with Crippen LogP contribution in [0.25, 0.3) is 0 Å². The highest BCUT2D eigenvalue weighted by molar-refractivity contribution is 7.27. The molecule has 0 fully saturated rings. The van der Waals surface area contributed by atoms with Crippen molar-refractivity contribution in [1.82, 2.24) is 0 Å². The van der Waals surface area contributed by atoms with Crippen molar-refractivity contribution in [2.45, 2.75) is 0 Å². The van der Waals surface area contributed by atoms with Crippen molar-refractivity contribution >= 4 is 8.25 Å². The topological polar surface area (TPSA) is 93.2 Å². The van der Waals surface area contributed by atoms with Gasteiger partial charge >= 0.3 is 0 Å². The molecule has 5 heavy (non-hydrogen) atoms. The first kappa shape index (κ1) is 8.88. The lowest BCUT2D eigenvalue weighted by Gasteiger charge is -1.75. The highest BCUT2D eigenvalue weighted by Crippen LogP contribution is 1.79. The molecule has 0 aliphatic rings. The number of rotatable bonds is 0. The molecular formula is HO4P-2. The van der Waals surface area contributed by atoms with E-state index in [1.165, 1.54) is 0 Å². The van der Waals surface area contributed by atoms with Crippen molar-refractivity contribution in [1.29, 1.82) is 0 Å². The van der Waals surface area contributed by atoms with E-state index in [1.807, 2.05) is 0 Å². The molecule has 0 bridgehead atoms. The summed E-state index contributed by atoms with van der Waals surface area (Å²) in [5.74, 6) is 0. The third-order valence-corrected chi connectivity index (χ3v) is 0. The van der Waals surface area contributed by atoms with Crippen LogP contribution in [0.3, 0.4) is 0 Å². The quantitative estimate of drug-likeness (QED) is 0.332. The molecule has 0 aromatic rings. The maximum atomic E-state index is 8.48. The van der Waals surface area contributed by atoms with Gasteiger partial charge in [-0.25, -0.2) is 0 Å². The molecule has 0 aromatic carbocycles. The normalized spacial score (nSPS) is 5.20. The number of hydrogen-bond donors (Lipinski definition) is 0. The fourth-order valence-corrected chi connectivity index (χ4v) is 0. The largest absolute Gasteiger partial charge is 0.870 e. The predicted molar refractivity (Wildman–Crippen MR) is 9.54 cm³/mol. The molecule has 0 heterocycles. The van der Waals surface area contributed by atoms with E-state index < -0.39 is 8.25 Å². The van der Waals surface area contributed by atoms with E-state index in [0.29, 0.717) is 0 Å². The Balaban J connectivity index is 0. The van der Waals surface area contributed by atoms with Gasteiger partial charge in [0.05, 0.1) is 0 Å². The van der Waals surface area contributed by atoms with Gasteiger partial charge in [-0.05, 0) is 0 Å². The Bertz CT molecular complexity index is 26.6. The Morgan fingerprint density at radius 2 is 1.40 bits per heavy atom. The average Bonchev–Trinajstić information content (AvgIpc) is 0.811. The van der Waals surface area contributed by atoms with Gasteiger partial charge in [-0.1, -0.05) is 4.57 Å². The van der Waals surface area contributed by atoms with Crippen LogP contribution in [0.1, 0.15) is 0 Å². The molecule has 0 spiro atoms. The van der Waals surface area contributed by atoms with Gasteiger partial charge in [0.1, 0.15) is 0 Å². The molecule has 4 nitrogen and oxygen atoms in total. The van der Waals surface area contributed by atoms with Gasteiger partial charge in [0.25, 0.3) is 8.25 Å². The molecule has 1 N–H and O–H groups in total. The Kier molecular flexibility index (Phi) is 7.07. The minimum absolute atomic E-state index is 0. The zero-order chi connectivity index (χ0) is 3.58. The summed E-state index contributed by atoms with van der Waals surface area (Å²) in [7, 11) is -3.37. The summed E-state index contributed by atoms with van der Waals surface area (Å²) >= 11 is 0. The minimum atomic E-state index is -3.37. The Labute approximate surface area is 29.3 Å². The highest BCUT2D eigenvalue weighted by Gasteiger charge is 1.53. The van der Waals surface area contributed by atoms with Crippen LogP contribution in [0, 0.1) is 0 Å². The first-order valence-electron chi connectivity index (χ1n) is 0.548. The molecule has 0 saturated heterocycles. The maximum absolute atomic E-state index is 8.48. The molecule has 0 unspecified atom stereocenters. The lowest BCUT2D eigenvalue weighted by Crippen LogP contribution is -1.97.